The lowest BCUT2D eigenvalue weighted by atomic mass is 10.4. The van der Waals surface area contributed by atoms with E-state index in [-0.39, 0.29) is 0 Å². The van der Waals surface area contributed by atoms with E-state index >= 15 is 0 Å². The lowest BCUT2D eigenvalue weighted by Gasteiger charge is -2.08. The summed E-state index contributed by atoms with van der Waals surface area (Å²) in [4.78, 5) is 9.28. The van der Waals surface area contributed by atoms with E-state index in [1.54, 1.807) is 16.3 Å². The van der Waals surface area contributed by atoms with E-state index in [1.165, 1.54) is 6.33 Å². The zero-order valence-electron chi connectivity index (χ0n) is 9.84. The maximum atomic E-state index is 6.11. The van der Waals surface area contributed by atoms with Crippen LogP contribution in [0.3, 0.4) is 0 Å². The Morgan fingerprint density at radius 3 is 2.63 bits per heavy atom. The van der Waals surface area contributed by atoms with Crippen LogP contribution in [0.25, 0.3) is 5.78 Å². The summed E-state index contributed by atoms with van der Waals surface area (Å²) in [6.45, 7) is 1.91. The number of nitrogens with zero attached hydrogens (tertiary/aromatic N) is 4. The molecule has 4 nitrogen and oxygen atoms in total. The van der Waals surface area contributed by atoms with Crippen LogP contribution in [0.15, 0.2) is 40.5 Å². The van der Waals surface area contributed by atoms with Crippen molar-refractivity contribution < 1.29 is 0 Å². The van der Waals surface area contributed by atoms with Crippen LogP contribution >= 0.6 is 35.0 Å². The van der Waals surface area contributed by atoms with Gasteiger partial charge in [-0.2, -0.15) is 19.6 Å². The molecular weight excluding hydrogens is 303 g/mol. The Labute approximate surface area is 123 Å². The molecule has 3 rings (SSSR count). The number of rotatable bonds is 2. The van der Waals surface area contributed by atoms with Gasteiger partial charge in [-0.3, -0.25) is 0 Å². The molecule has 0 saturated heterocycles. The first-order chi connectivity index (χ1) is 9.15. The minimum absolute atomic E-state index is 0.442. The molecule has 0 aliphatic rings. The summed E-state index contributed by atoms with van der Waals surface area (Å²) in [6.07, 6.45) is 1.46. The second kappa shape index (κ2) is 5.00. The summed E-state index contributed by atoms with van der Waals surface area (Å²) >= 11 is 13.5. The molecule has 0 atom stereocenters. The van der Waals surface area contributed by atoms with Gasteiger partial charge in [0.1, 0.15) is 16.5 Å². The van der Waals surface area contributed by atoms with Crippen molar-refractivity contribution in [2.75, 3.05) is 0 Å². The van der Waals surface area contributed by atoms with Crippen LogP contribution in [0.4, 0.5) is 0 Å². The van der Waals surface area contributed by atoms with Gasteiger partial charge in [0.05, 0.1) is 0 Å². The number of benzene rings is 1. The molecule has 19 heavy (non-hydrogen) atoms. The smallest absolute Gasteiger partial charge is 0.199 e. The van der Waals surface area contributed by atoms with Crippen LogP contribution in [0.1, 0.15) is 5.56 Å². The molecule has 0 aliphatic heterocycles. The molecule has 0 radical (unpaired) electrons. The van der Waals surface area contributed by atoms with Crippen LogP contribution in [0.2, 0.25) is 10.2 Å². The number of halogens is 2. The minimum atomic E-state index is 0.442. The number of aromatic nitrogens is 4. The third kappa shape index (κ3) is 2.41. The van der Waals surface area contributed by atoms with E-state index < -0.39 is 0 Å². The molecule has 0 N–H and O–H groups in total. The highest BCUT2D eigenvalue weighted by Crippen LogP contribution is 2.33. The average molecular weight is 311 g/mol. The Morgan fingerprint density at radius 1 is 1.16 bits per heavy atom. The fraction of sp³-hybridized carbons (Fsp3) is 0.0833. The molecule has 0 unspecified atom stereocenters. The van der Waals surface area contributed by atoms with Gasteiger partial charge in [0.15, 0.2) is 0 Å². The van der Waals surface area contributed by atoms with Gasteiger partial charge in [0.2, 0.25) is 0 Å². The Hall–Kier alpha value is -1.30. The van der Waals surface area contributed by atoms with Crippen molar-refractivity contribution in [3.63, 3.8) is 0 Å². The van der Waals surface area contributed by atoms with Crippen molar-refractivity contribution in [1.82, 2.24) is 19.6 Å². The predicted molar refractivity (Wildman–Crippen MR) is 76.1 cm³/mol. The normalized spacial score (nSPS) is 11.1. The van der Waals surface area contributed by atoms with Crippen LogP contribution in [0, 0.1) is 6.92 Å². The van der Waals surface area contributed by atoms with E-state index in [9.17, 15) is 0 Å². The molecular formula is C12H8Cl2N4S. The van der Waals surface area contributed by atoms with Gasteiger partial charge in [-0.15, -0.1) is 0 Å². The summed E-state index contributed by atoms with van der Waals surface area (Å²) in [5.41, 5.74) is 0.875. The maximum Gasteiger partial charge on any atom is 0.254 e. The molecule has 2 heterocycles. The van der Waals surface area contributed by atoms with Gasteiger partial charge in [0.25, 0.3) is 5.78 Å². The largest absolute Gasteiger partial charge is 0.254 e. The fourth-order valence-corrected chi connectivity index (χ4v) is 2.92. The highest BCUT2D eigenvalue weighted by atomic mass is 35.5. The fourth-order valence-electron chi connectivity index (χ4n) is 1.61. The molecule has 3 aromatic rings. The monoisotopic (exact) mass is 310 g/mol. The number of fused-ring (bicyclic) bond motifs is 1. The second-order valence-corrected chi connectivity index (χ2v) is 5.72. The molecule has 0 saturated carbocycles. The summed E-state index contributed by atoms with van der Waals surface area (Å²) in [5.74, 6) is 0.493. The average Bonchev–Trinajstić information content (AvgIpc) is 2.85. The van der Waals surface area contributed by atoms with Crippen LogP contribution in [-0.4, -0.2) is 19.6 Å². The van der Waals surface area contributed by atoms with Gasteiger partial charge >= 0.3 is 0 Å². The minimum Gasteiger partial charge on any atom is -0.199 e. The molecule has 0 fully saturated rings. The van der Waals surface area contributed by atoms with Crippen LogP contribution in [-0.2, 0) is 0 Å². The third-order valence-corrected chi connectivity index (χ3v) is 4.38. The summed E-state index contributed by atoms with van der Waals surface area (Å²) in [6, 6.07) is 7.59. The van der Waals surface area contributed by atoms with Gasteiger partial charge in [-0.25, -0.2) is 0 Å². The number of hydrogen-bond acceptors (Lipinski definition) is 4. The quantitative estimate of drug-likeness (QED) is 0.673. The van der Waals surface area contributed by atoms with E-state index in [4.69, 9.17) is 23.2 Å². The first-order valence-electron chi connectivity index (χ1n) is 5.44. The first-order valence-corrected chi connectivity index (χ1v) is 7.01. The SMILES string of the molecule is Cc1c(Cl)nc2ncnn2c1Sc1ccc(Cl)cc1. The summed E-state index contributed by atoms with van der Waals surface area (Å²) in [7, 11) is 0. The number of hydrogen-bond donors (Lipinski definition) is 0. The predicted octanol–water partition coefficient (Wildman–Crippen LogP) is 3.89. The van der Waals surface area contributed by atoms with Crippen LogP contribution < -0.4 is 0 Å². The Balaban J connectivity index is 2.11. The molecule has 2 aromatic heterocycles. The molecule has 7 heteroatoms. The van der Waals surface area contributed by atoms with Crippen molar-refractivity contribution in [3.05, 3.63) is 46.3 Å². The van der Waals surface area contributed by atoms with Gasteiger partial charge < -0.3 is 0 Å². The van der Waals surface area contributed by atoms with Crippen LogP contribution in [0.5, 0.6) is 0 Å². The molecule has 1 aromatic carbocycles. The molecule has 0 spiro atoms. The van der Waals surface area contributed by atoms with Crippen molar-refractivity contribution >= 4 is 40.7 Å². The highest BCUT2D eigenvalue weighted by molar-refractivity contribution is 7.99. The highest BCUT2D eigenvalue weighted by Gasteiger charge is 2.13. The maximum absolute atomic E-state index is 6.11. The Morgan fingerprint density at radius 2 is 1.89 bits per heavy atom. The second-order valence-electron chi connectivity index (χ2n) is 3.86. The third-order valence-electron chi connectivity index (χ3n) is 2.58. The standard InChI is InChI=1S/C12H8Cl2N4S/c1-7-10(14)17-12-15-6-16-18(12)11(7)19-9-4-2-8(13)3-5-9/h2-6H,1H3. The zero-order chi connectivity index (χ0) is 13.4. The van der Waals surface area contributed by atoms with Gasteiger partial charge in [-0.05, 0) is 31.2 Å². The molecule has 96 valence electrons. The molecule has 0 bridgehead atoms. The van der Waals surface area contributed by atoms with E-state index in [0.29, 0.717) is 16.0 Å². The van der Waals surface area contributed by atoms with E-state index in [2.05, 4.69) is 15.1 Å². The first kappa shape index (κ1) is 12.7. The van der Waals surface area contributed by atoms with Crippen molar-refractivity contribution in [3.8, 4) is 0 Å². The Kier molecular flexibility index (Phi) is 3.35. The van der Waals surface area contributed by atoms with Crippen molar-refractivity contribution in [1.29, 1.82) is 0 Å². The topological polar surface area (TPSA) is 43.1 Å². The summed E-state index contributed by atoms with van der Waals surface area (Å²) in [5, 5.41) is 6.22. The zero-order valence-corrected chi connectivity index (χ0v) is 12.2. The van der Waals surface area contributed by atoms with Crippen molar-refractivity contribution in [2.45, 2.75) is 16.8 Å². The molecule has 0 amide bonds. The van der Waals surface area contributed by atoms with Gasteiger partial charge in [0, 0.05) is 15.5 Å². The lowest BCUT2D eigenvalue weighted by Crippen LogP contribution is -1.99. The van der Waals surface area contributed by atoms with Crippen molar-refractivity contribution in [2.24, 2.45) is 0 Å². The lowest BCUT2D eigenvalue weighted by molar-refractivity contribution is 0.825. The van der Waals surface area contributed by atoms with E-state index in [1.807, 2.05) is 31.2 Å². The van der Waals surface area contributed by atoms with Gasteiger partial charge in [-0.1, -0.05) is 35.0 Å². The Bertz CT molecular complexity index is 739. The summed E-state index contributed by atoms with van der Waals surface area (Å²) < 4.78 is 1.68. The van der Waals surface area contributed by atoms with E-state index in [0.717, 1.165) is 15.5 Å². The molecule has 0 aliphatic carbocycles.